The van der Waals surface area contributed by atoms with E-state index in [1.807, 2.05) is 0 Å². The molecular formula is C14H20ClN3. The van der Waals surface area contributed by atoms with Gasteiger partial charge >= 0.3 is 0 Å². The fourth-order valence-corrected chi connectivity index (χ4v) is 3.02. The molecule has 18 heavy (non-hydrogen) atoms. The van der Waals surface area contributed by atoms with Gasteiger partial charge in [0.2, 0.25) is 0 Å². The molecule has 1 fully saturated rings. The molecule has 0 amide bonds. The Morgan fingerprint density at radius 3 is 2.78 bits per heavy atom. The van der Waals surface area contributed by atoms with Gasteiger partial charge in [-0.05, 0) is 38.5 Å². The maximum absolute atomic E-state index is 6.02. The maximum atomic E-state index is 6.02. The highest BCUT2D eigenvalue weighted by Gasteiger charge is 2.41. The predicted octanol–water partition coefficient (Wildman–Crippen LogP) is 3.18. The highest BCUT2D eigenvalue weighted by Crippen LogP contribution is 2.46. The SMILES string of the molecule is ClCC1(CNc2ncnc3c2CCCCC3)CC1. The second-order valence-corrected chi connectivity index (χ2v) is 5.96. The van der Waals surface area contributed by atoms with Crippen molar-refractivity contribution in [3.05, 3.63) is 17.6 Å². The van der Waals surface area contributed by atoms with Gasteiger partial charge in [0, 0.05) is 29.1 Å². The molecule has 0 aliphatic heterocycles. The van der Waals surface area contributed by atoms with Gasteiger partial charge in [-0.1, -0.05) is 6.42 Å². The van der Waals surface area contributed by atoms with Gasteiger partial charge in [0.1, 0.15) is 12.1 Å². The number of aromatic nitrogens is 2. The number of aryl methyl sites for hydroxylation is 1. The zero-order chi connectivity index (χ0) is 12.4. The maximum Gasteiger partial charge on any atom is 0.132 e. The molecule has 0 saturated heterocycles. The fraction of sp³-hybridized carbons (Fsp3) is 0.714. The number of fused-ring (bicyclic) bond motifs is 1. The van der Waals surface area contributed by atoms with Gasteiger partial charge in [0.25, 0.3) is 0 Å². The van der Waals surface area contributed by atoms with E-state index in [2.05, 4.69) is 15.3 Å². The van der Waals surface area contributed by atoms with E-state index in [9.17, 15) is 0 Å². The first-order chi connectivity index (χ1) is 8.83. The van der Waals surface area contributed by atoms with Crippen LogP contribution < -0.4 is 5.32 Å². The van der Waals surface area contributed by atoms with Gasteiger partial charge in [-0.3, -0.25) is 0 Å². The van der Waals surface area contributed by atoms with Gasteiger partial charge in [-0.2, -0.15) is 0 Å². The van der Waals surface area contributed by atoms with E-state index in [-0.39, 0.29) is 0 Å². The average molecular weight is 266 g/mol. The average Bonchev–Trinajstić information content (AvgIpc) is 3.20. The van der Waals surface area contributed by atoms with E-state index in [1.165, 1.54) is 43.4 Å². The summed E-state index contributed by atoms with van der Waals surface area (Å²) < 4.78 is 0. The van der Waals surface area contributed by atoms with E-state index in [0.717, 1.165) is 31.1 Å². The molecule has 1 heterocycles. The van der Waals surface area contributed by atoms with Crippen LogP contribution in [0.4, 0.5) is 5.82 Å². The second-order valence-electron chi connectivity index (χ2n) is 5.70. The van der Waals surface area contributed by atoms with Crippen molar-refractivity contribution in [1.82, 2.24) is 9.97 Å². The zero-order valence-corrected chi connectivity index (χ0v) is 11.5. The van der Waals surface area contributed by atoms with Crippen molar-refractivity contribution >= 4 is 17.4 Å². The molecule has 3 rings (SSSR count). The highest BCUT2D eigenvalue weighted by atomic mass is 35.5. The summed E-state index contributed by atoms with van der Waals surface area (Å²) >= 11 is 6.02. The van der Waals surface area contributed by atoms with Crippen molar-refractivity contribution in [3.63, 3.8) is 0 Å². The lowest BCUT2D eigenvalue weighted by atomic mass is 10.1. The quantitative estimate of drug-likeness (QED) is 0.671. The fourth-order valence-electron chi connectivity index (χ4n) is 2.66. The smallest absolute Gasteiger partial charge is 0.132 e. The molecule has 0 spiro atoms. The van der Waals surface area contributed by atoms with Gasteiger partial charge in [0.15, 0.2) is 0 Å². The molecule has 1 N–H and O–H groups in total. The summed E-state index contributed by atoms with van der Waals surface area (Å²) in [5.41, 5.74) is 2.94. The molecule has 0 aromatic carbocycles. The Hall–Kier alpha value is -0.830. The molecule has 2 aliphatic carbocycles. The topological polar surface area (TPSA) is 37.8 Å². The highest BCUT2D eigenvalue weighted by molar-refractivity contribution is 6.18. The molecule has 2 aliphatic rings. The summed E-state index contributed by atoms with van der Waals surface area (Å²) in [6.07, 6.45) is 10.2. The van der Waals surface area contributed by atoms with Gasteiger partial charge in [0.05, 0.1) is 0 Å². The summed E-state index contributed by atoms with van der Waals surface area (Å²) in [6, 6.07) is 0. The minimum Gasteiger partial charge on any atom is -0.369 e. The Morgan fingerprint density at radius 2 is 2.00 bits per heavy atom. The molecule has 1 saturated carbocycles. The third-order valence-electron chi connectivity index (χ3n) is 4.25. The Bertz CT molecular complexity index is 429. The standard InChI is InChI=1S/C14H20ClN3/c15-8-14(6-7-14)9-16-13-11-4-2-1-3-5-12(11)17-10-18-13/h10H,1-9H2,(H,16,17,18). The van der Waals surface area contributed by atoms with E-state index in [1.54, 1.807) is 6.33 Å². The minimum absolute atomic E-state index is 0.337. The first kappa shape index (κ1) is 12.2. The molecule has 0 bridgehead atoms. The summed E-state index contributed by atoms with van der Waals surface area (Å²) in [4.78, 5) is 8.88. The zero-order valence-electron chi connectivity index (χ0n) is 10.7. The second kappa shape index (κ2) is 5.04. The minimum atomic E-state index is 0.337. The van der Waals surface area contributed by atoms with Crippen LogP contribution in [-0.4, -0.2) is 22.4 Å². The Balaban J connectivity index is 1.75. The molecular weight excluding hydrogens is 246 g/mol. The van der Waals surface area contributed by atoms with Gasteiger partial charge in [-0.15, -0.1) is 11.6 Å². The molecule has 1 aromatic rings. The van der Waals surface area contributed by atoms with Crippen molar-refractivity contribution < 1.29 is 0 Å². The van der Waals surface area contributed by atoms with Crippen LogP contribution in [0.25, 0.3) is 0 Å². The van der Waals surface area contributed by atoms with E-state index < -0.39 is 0 Å². The van der Waals surface area contributed by atoms with E-state index >= 15 is 0 Å². The van der Waals surface area contributed by atoms with E-state index in [4.69, 9.17) is 11.6 Å². The van der Waals surface area contributed by atoms with Crippen LogP contribution in [0.5, 0.6) is 0 Å². The number of nitrogens with zero attached hydrogens (tertiary/aromatic N) is 2. The number of halogens is 1. The first-order valence-electron chi connectivity index (χ1n) is 6.96. The Labute approximate surface area is 113 Å². The largest absolute Gasteiger partial charge is 0.369 e. The summed E-state index contributed by atoms with van der Waals surface area (Å²) in [6.45, 7) is 0.958. The summed E-state index contributed by atoms with van der Waals surface area (Å²) in [5, 5.41) is 3.52. The van der Waals surface area contributed by atoms with E-state index in [0.29, 0.717) is 5.41 Å². The van der Waals surface area contributed by atoms with Crippen LogP contribution in [0.2, 0.25) is 0 Å². The lowest BCUT2D eigenvalue weighted by molar-refractivity contribution is 0.616. The first-order valence-corrected chi connectivity index (χ1v) is 7.49. The third-order valence-corrected chi connectivity index (χ3v) is 4.81. The van der Waals surface area contributed by atoms with Crippen LogP contribution in [-0.2, 0) is 12.8 Å². The molecule has 0 radical (unpaired) electrons. The lowest BCUT2D eigenvalue weighted by Crippen LogP contribution is -2.19. The molecule has 0 unspecified atom stereocenters. The van der Waals surface area contributed by atoms with Crippen molar-refractivity contribution in [3.8, 4) is 0 Å². The molecule has 98 valence electrons. The normalized spacial score (nSPS) is 20.9. The number of anilines is 1. The predicted molar refractivity (Wildman–Crippen MR) is 74.2 cm³/mol. The van der Waals surface area contributed by atoms with Crippen molar-refractivity contribution in [1.29, 1.82) is 0 Å². The Morgan fingerprint density at radius 1 is 1.17 bits per heavy atom. The molecule has 3 nitrogen and oxygen atoms in total. The summed E-state index contributed by atoms with van der Waals surface area (Å²) in [5.74, 6) is 1.81. The molecule has 4 heteroatoms. The van der Waals surface area contributed by atoms with Crippen LogP contribution in [0.3, 0.4) is 0 Å². The number of alkyl halides is 1. The third kappa shape index (κ3) is 2.46. The number of rotatable bonds is 4. The van der Waals surface area contributed by atoms with Crippen LogP contribution in [0.15, 0.2) is 6.33 Å². The van der Waals surface area contributed by atoms with Crippen LogP contribution >= 0.6 is 11.6 Å². The van der Waals surface area contributed by atoms with Crippen LogP contribution in [0, 0.1) is 5.41 Å². The van der Waals surface area contributed by atoms with Gasteiger partial charge < -0.3 is 5.32 Å². The summed E-state index contributed by atoms with van der Waals surface area (Å²) in [7, 11) is 0. The number of nitrogens with one attached hydrogen (secondary N) is 1. The molecule has 0 atom stereocenters. The van der Waals surface area contributed by atoms with Crippen molar-refractivity contribution in [2.75, 3.05) is 17.7 Å². The monoisotopic (exact) mass is 265 g/mol. The number of hydrogen-bond acceptors (Lipinski definition) is 3. The number of hydrogen-bond donors (Lipinski definition) is 1. The van der Waals surface area contributed by atoms with Crippen LogP contribution in [0.1, 0.15) is 43.4 Å². The van der Waals surface area contributed by atoms with Crippen molar-refractivity contribution in [2.45, 2.75) is 44.9 Å². The van der Waals surface area contributed by atoms with Crippen molar-refractivity contribution in [2.24, 2.45) is 5.41 Å². The lowest BCUT2D eigenvalue weighted by Gasteiger charge is -2.16. The molecule has 1 aromatic heterocycles. The Kier molecular flexibility index (Phi) is 3.42. The van der Waals surface area contributed by atoms with Gasteiger partial charge in [-0.25, -0.2) is 9.97 Å².